The molecule has 0 radical (unpaired) electrons. The number of aromatic amines is 1. The molecule has 0 aliphatic heterocycles. The Morgan fingerprint density at radius 3 is 2.00 bits per heavy atom. The highest BCUT2D eigenvalue weighted by Crippen LogP contribution is 2.33. The highest BCUT2D eigenvalue weighted by Gasteiger charge is 2.29. The summed E-state index contributed by atoms with van der Waals surface area (Å²) < 4.78 is 21.0. The lowest BCUT2D eigenvalue weighted by molar-refractivity contribution is -0.155. The van der Waals surface area contributed by atoms with Gasteiger partial charge in [-0.1, -0.05) is 6.07 Å². The SMILES string of the molecule is COC(=O)[C@H](Cc1c(SC[C@H](N)C(=O)OC(C)(C)C)[nH]c2cc(NC(=O)OC(C)(C)C)ccc12)NC(=O)OC(C)(C)C. The first-order chi connectivity index (χ1) is 19.2. The minimum Gasteiger partial charge on any atom is -0.467 e. The number of alkyl carbamates (subject to hydrolysis) is 1. The van der Waals surface area contributed by atoms with Gasteiger partial charge in [0.1, 0.15) is 28.9 Å². The number of esters is 2. The number of hydrogen-bond acceptors (Lipinski definition) is 10. The number of nitrogens with one attached hydrogen (secondary N) is 3. The van der Waals surface area contributed by atoms with E-state index in [0.717, 1.165) is 5.39 Å². The first-order valence-electron chi connectivity index (χ1n) is 13.5. The number of benzene rings is 1. The predicted molar refractivity (Wildman–Crippen MR) is 162 cm³/mol. The van der Waals surface area contributed by atoms with Gasteiger partial charge in [-0.3, -0.25) is 10.1 Å². The third-order valence-corrected chi connectivity index (χ3v) is 6.38. The van der Waals surface area contributed by atoms with Gasteiger partial charge in [-0.05, 0) is 80.0 Å². The molecule has 1 aromatic carbocycles. The van der Waals surface area contributed by atoms with Crippen molar-refractivity contribution >= 4 is 52.5 Å². The monoisotopic (exact) mass is 608 g/mol. The number of carbonyl (C=O) groups excluding carboxylic acids is 4. The zero-order chi connectivity index (χ0) is 32.0. The van der Waals surface area contributed by atoms with Crippen molar-refractivity contribution in [2.24, 2.45) is 5.73 Å². The number of anilines is 1. The molecule has 12 nitrogen and oxygen atoms in total. The van der Waals surface area contributed by atoms with Gasteiger partial charge in [0.2, 0.25) is 0 Å². The Morgan fingerprint density at radius 1 is 0.881 bits per heavy atom. The molecule has 13 heteroatoms. The van der Waals surface area contributed by atoms with Crippen LogP contribution in [0.25, 0.3) is 10.9 Å². The molecule has 0 aliphatic rings. The average molecular weight is 609 g/mol. The summed E-state index contributed by atoms with van der Waals surface area (Å²) >= 11 is 1.26. The summed E-state index contributed by atoms with van der Waals surface area (Å²) in [5.41, 5.74) is 5.76. The lowest BCUT2D eigenvalue weighted by atomic mass is 10.0. The molecule has 0 spiro atoms. The van der Waals surface area contributed by atoms with Crippen LogP contribution in [0.5, 0.6) is 0 Å². The molecule has 0 fully saturated rings. The molecule has 234 valence electrons. The molecule has 42 heavy (non-hydrogen) atoms. The Labute approximate surface area is 251 Å². The summed E-state index contributed by atoms with van der Waals surface area (Å²) in [7, 11) is 1.23. The Balaban J connectivity index is 2.44. The van der Waals surface area contributed by atoms with E-state index in [-0.39, 0.29) is 12.2 Å². The van der Waals surface area contributed by atoms with Crippen molar-refractivity contribution in [3.05, 3.63) is 23.8 Å². The van der Waals surface area contributed by atoms with Gasteiger partial charge in [0, 0.05) is 28.8 Å². The summed E-state index contributed by atoms with van der Waals surface area (Å²) in [4.78, 5) is 53.3. The molecule has 2 atom stereocenters. The molecule has 0 saturated heterocycles. The molecule has 0 bridgehead atoms. The molecule has 2 amide bonds. The number of rotatable bonds is 9. The fourth-order valence-electron chi connectivity index (χ4n) is 3.66. The Morgan fingerprint density at radius 2 is 1.45 bits per heavy atom. The van der Waals surface area contributed by atoms with Crippen LogP contribution in [-0.4, -0.2) is 70.9 Å². The number of amides is 2. The molecule has 0 aliphatic carbocycles. The van der Waals surface area contributed by atoms with Gasteiger partial charge < -0.3 is 35.0 Å². The number of H-pyrrole nitrogens is 1. The second kappa shape index (κ2) is 13.7. The Hall–Kier alpha value is -3.45. The molecule has 2 rings (SSSR count). The summed E-state index contributed by atoms with van der Waals surface area (Å²) in [5, 5.41) is 6.63. The molecule has 1 aromatic heterocycles. The topological polar surface area (TPSA) is 171 Å². The lowest BCUT2D eigenvalue weighted by Crippen LogP contribution is -2.45. The number of fused-ring (bicyclic) bond motifs is 1. The zero-order valence-electron chi connectivity index (χ0n) is 26.1. The number of carbonyl (C=O) groups is 4. The van der Waals surface area contributed by atoms with Gasteiger partial charge >= 0.3 is 24.1 Å². The van der Waals surface area contributed by atoms with Crippen molar-refractivity contribution in [2.45, 2.75) is 103 Å². The van der Waals surface area contributed by atoms with Gasteiger partial charge in [-0.25, -0.2) is 14.4 Å². The normalized spacial score (nSPS) is 13.6. The van der Waals surface area contributed by atoms with E-state index in [1.54, 1.807) is 80.5 Å². The molecule has 2 aromatic rings. The summed E-state index contributed by atoms with van der Waals surface area (Å²) in [6.45, 7) is 15.7. The minimum atomic E-state index is -1.08. The molecular weight excluding hydrogens is 564 g/mol. The number of aromatic nitrogens is 1. The summed E-state index contributed by atoms with van der Waals surface area (Å²) in [5.74, 6) is -1.05. The molecule has 0 saturated carbocycles. The standard InChI is InChI=1S/C29H44N4O8S/c1-27(2,3)39-23(34)19(30)15-42-22-18(14-21(24(35)38-10)33-26(37)41-29(7,8)9)17-12-11-16(13-20(17)32-22)31-25(36)40-28(4,5)6/h11-13,19,21,32H,14-15,30H2,1-10H3,(H,31,36)(H,33,37)/t19-,21-/m0/s1. The number of methoxy groups -OCH3 is 1. The average Bonchev–Trinajstić information content (AvgIpc) is 3.14. The summed E-state index contributed by atoms with van der Waals surface area (Å²) in [6.07, 6.45) is -1.35. The van der Waals surface area contributed by atoms with E-state index < -0.39 is 53.0 Å². The molecule has 0 unspecified atom stereocenters. The summed E-state index contributed by atoms with van der Waals surface area (Å²) in [6, 6.07) is 3.18. The Bertz CT molecular complexity index is 1290. The van der Waals surface area contributed by atoms with E-state index in [2.05, 4.69) is 15.6 Å². The van der Waals surface area contributed by atoms with Crippen LogP contribution in [0, 0.1) is 0 Å². The van der Waals surface area contributed by atoms with Crippen LogP contribution in [0.2, 0.25) is 0 Å². The predicted octanol–water partition coefficient (Wildman–Crippen LogP) is 4.88. The highest BCUT2D eigenvalue weighted by atomic mass is 32.2. The highest BCUT2D eigenvalue weighted by molar-refractivity contribution is 7.99. The van der Waals surface area contributed by atoms with E-state index in [1.165, 1.54) is 18.9 Å². The van der Waals surface area contributed by atoms with Crippen molar-refractivity contribution in [2.75, 3.05) is 18.2 Å². The maximum atomic E-state index is 12.7. The number of hydrogen-bond donors (Lipinski definition) is 4. The third kappa shape index (κ3) is 11.4. The second-order valence-corrected chi connectivity index (χ2v) is 13.7. The van der Waals surface area contributed by atoms with E-state index in [4.69, 9.17) is 24.7 Å². The van der Waals surface area contributed by atoms with E-state index in [9.17, 15) is 19.2 Å². The van der Waals surface area contributed by atoms with Crippen molar-refractivity contribution < 1.29 is 38.1 Å². The fraction of sp³-hybridized carbons (Fsp3) is 0.586. The van der Waals surface area contributed by atoms with Crippen LogP contribution in [0.3, 0.4) is 0 Å². The largest absolute Gasteiger partial charge is 0.467 e. The van der Waals surface area contributed by atoms with Crippen molar-refractivity contribution in [1.29, 1.82) is 0 Å². The number of thioether (sulfide) groups is 1. The van der Waals surface area contributed by atoms with E-state index in [0.29, 0.717) is 21.8 Å². The maximum absolute atomic E-state index is 12.7. The van der Waals surface area contributed by atoms with Crippen molar-refractivity contribution in [1.82, 2.24) is 10.3 Å². The smallest absolute Gasteiger partial charge is 0.412 e. The second-order valence-electron chi connectivity index (χ2n) is 12.7. The minimum absolute atomic E-state index is 0.0365. The van der Waals surface area contributed by atoms with E-state index in [1.807, 2.05) is 0 Å². The van der Waals surface area contributed by atoms with Gasteiger partial charge in [0.05, 0.1) is 12.1 Å². The maximum Gasteiger partial charge on any atom is 0.412 e. The Kier molecular flexibility index (Phi) is 11.3. The fourth-order valence-corrected chi connectivity index (χ4v) is 4.70. The first kappa shape index (κ1) is 34.7. The number of nitrogens with two attached hydrogens (primary N) is 1. The number of ether oxygens (including phenoxy) is 4. The van der Waals surface area contributed by atoms with Gasteiger partial charge in [-0.15, -0.1) is 11.8 Å². The first-order valence-corrected chi connectivity index (χ1v) is 14.5. The quantitative estimate of drug-likeness (QED) is 0.175. The third-order valence-electron chi connectivity index (χ3n) is 5.21. The van der Waals surface area contributed by atoms with Crippen LogP contribution >= 0.6 is 11.8 Å². The van der Waals surface area contributed by atoms with Crippen LogP contribution < -0.4 is 16.4 Å². The van der Waals surface area contributed by atoms with Gasteiger partial charge in [0.15, 0.2) is 0 Å². The molecular formula is C29H44N4O8S. The van der Waals surface area contributed by atoms with Crippen LogP contribution in [-0.2, 0) is 35.0 Å². The molecule has 1 heterocycles. The van der Waals surface area contributed by atoms with Crippen molar-refractivity contribution in [3.63, 3.8) is 0 Å². The van der Waals surface area contributed by atoms with E-state index >= 15 is 0 Å². The lowest BCUT2D eigenvalue weighted by Gasteiger charge is -2.23. The molecule has 5 N–H and O–H groups in total. The van der Waals surface area contributed by atoms with Gasteiger partial charge in [0.25, 0.3) is 0 Å². The van der Waals surface area contributed by atoms with Crippen molar-refractivity contribution in [3.8, 4) is 0 Å². The van der Waals surface area contributed by atoms with Gasteiger partial charge in [-0.2, -0.15) is 0 Å². The van der Waals surface area contributed by atoms with Crippen LogP contribution in [0.15, 0.2) is 23.2 Å². The van der Waals surface area contributed by atoms with Crippen LogP contribution in [0.4, 0.5) is 15.3 Å². The zero-order valence-corrected chi connectivity index (χ0v) is 26.9. The van der Waals surface area contributed by atoms with Crippen LogP contribution in [0.1, 0.15) is 67.9 Å².